The molecule has 0 spiro atoms. The van der Waals surface area contributed by atoms with Crippen LogP contribution in [-0.2, 0) is 0 Å². The predicted molar refractivity (Wildman–Crippen MR) is 108 cm³/mol. The summed E-state index contributed by atoms with van der Waals surface area (Å²) in [6.45, 7) is 6.16. The summed E-state index contributed by atoms with van der Waals surface area (Å²) < 4.78 is 33.2. The molecule has 4 N–H and O–H groups in total. The summed E-state index contributed by atoms with van der Waals surface area (Å²) in [5, 5.41) is 1.68. The molecule has 0 bridgehead atoms. The van der Waals surface area contributed by atoms with Gasteiger partial charge in [0, 0.05) is 26.2 Å². The monoisotopic (exact) mass is 444 g/mol. The predicted octanol–water partition coefficient (Wildman–Crippen LogP) is 3.44. The molecule has 2 aliphatic rings. The van der Waals surface area contributed by atoms with E-state index in [2.05, 4.69) is 22.5 Å². The molecule has 1 aromatic carbocycles. The van der Waals surface area contributed by atoms with Crippen molar-refractivity contribution in [1.82, 2.24) is 4.90 Å². The van der Waals surface area contributed by atoms with E-state index in [1.807, 2.05) is 17.0 Å². The van der Waals surface area contributed by atoms with Crippen LogP contribution in [0.5, 0.6) is 5.75 Å². The van der Waals surface area contributed by atoms with E-state index >= 15 is 0 Å². The SMILES string of the molecule is C=C(COc1ccc(N(N)CC2CC2)c(N)c1Br)CN1CCC(F)C(F)C1. The van der Waals surface area contributed by atoms with Crippen LogP contribution in [0.25, 0.3) is 0 Å². The van der Waals surface area contributed by atoms with Crippen LogP contribution in [0.1, 0.15) is 19.3 Å². The van der Waals surface area contributed by atoms with Crippen molar-refractivity contribution < 1.29 is 13.5 Å². The van der Waals surface area contributed by atoms with Crippen molar-refractivity contribution in [2.45, 2.75) is 31.6 Å². The van der Waals surface area contributed by atoms with Crippen LogP contribution in [0, 0.1) is 5.92 Å². The standard InChI is InChI=1S/C19H27BrF2N4O/c1-12(8-25-7-6-14(21)15(22)10-25)11-27-17-5-4-16(19(23)18(17)20)26(24)9-13-2-3-13/h4-5,13-15H,1-3,6-11,23-24H2. The molecule has 8 heteroatoms. The van der Waals surface area contributed by atoms with Gasteiger partial charge >= 0.3 is 0 Å². The average Bonchev–Trinajstić information content (AvgIpc) is 3.43. The summed E-state index contributed by atoms with van der Waals surface area (Å²) in [5.74, 6) is 7.37. The number of halogens is 3. The van der Waals surface area contributed by atoms with E-state index in [4.69, 9.17) is 16.3 Å². The van der Waals surface area contributed by atoms with Gasteiger partial charge in [-0.25, -0.2) is 14.6 Å². The number of benzene rings is 1. The molecule has 27 heavy (non-hydrogen) atoms. The van der Waals surface area contributed by atoms with Crippen LogP contribution >= 0.6 is 15.9 Å². The van der Waals surface area contributed by atoms with Crippen LogP contribution in [-0.4, -0.2) is 50.0 Å². The number of nitrogens with two attached hydrogens (primary N) is 2. The van der Waals surface area contributed by atoms with Crippen LogP contribution in [0.4, 0.5) is 20.2 Å². The zero-order chi connectivity index (χ0) is 19.6. The molecule has 1 saturated carbocycles. The molecule has 2 atom stereocenters. The lowest BCUT2D eigenvalue weighted by Gasteiger charge is -2.31. The Labute approximate surface area is 167 Å². The first kappa shape index (κ1) is 20.4. The van der Waals surface area contributed by atoms with E-state index in [0.717, 1.165) is 17.8 Å². The molecular weight excluding hydrogens is 418 g/mol. The summed E-state index contributed by atoms with van der Waals surface area (Å²) in [6, 6.07) is 3.67. The molecule has 2 unspecified atom stereocenters. The van der Waals surface area contributed by atoms with Crippen molar-refractivity contribution in [3.05, 3.63) is 28.8 Å². The molecule has 1 saturated heterocycles. The Morgan fingerprint density at radius 2 is 2.04 bits per heavy atom. The molecule has 1 aliphatic carbocycles. The lowest BCUT2D eigenvalue weighted by atomic mass is 10.1. The van der Waals surface area contributed by atoms with Crippen molar-refractivity contribution in [3.8, 4) is 5.75 Å². The summed E-state index contributed by atoms with van der Waals surface area (Å²) >= 11 is 3.48. The number of anilines is 2. The van der Waals surface area contributed by atoms with E-state index in [-0.39, 0.29) is 19.6 Å². The lowest BCUT2D eigenvalue weighted by molar-refractivity contribution is 0.0632. The van der Waals surface area contributed by atoms with Gasteiger partial charge in [0.05, 0.1) is 15.8 Å². The summed E-state index contributed by atoms with van der Waals surface area (Å²) in [6.07, 6.45) is -0.141. The summed E-state index contributed by atoms with van der Waals surface area (Å²) in [5.41, 5.74) is 8.30. The Balaban J connectivity index is 1.52. The highest BCUT2D eigenvalue weighted by Crippen LogP contribution is 2.39. The number of likely N-dealkylation sites (tertiary alicyclic amines) is 1. The number of hydrazine groups is 1. The van der Waals surface area contributed by atoms with Crippen molar-refractivity contribution in [3.63, 3.8) is 0 Å². The second kappa shape index (κ2) is 8.75. The van der Waals surface area contributed by atoms with Gasteiger partial charge in [-0.2, -0.15) is 0 Å². The maximum atomic E-state index is 13.5. The van der Waals surface area contributed by atoms with Crippen LogP contribution < -0.4 is 21.3 Å². The van der Waals surface area contributed by atoms with Crippen LogP contribution in [0.3, 0.4) is 0 Å². The number of hydrogen-bond donors (Lipinski definition) is 2. The van der Waals surface area contributed by atoms with E-state index < -0.39 is 12.3 Å². The molecule has 0 amide bonds. The number of nitrogen functional groups attached to an aromatic ring is 1. The minimum absolute atomic E-state index is 0.0961. The van der Waals surface area contributed by atoms with Gasteiger partial charge in [0.2, 0.25) is 0 Å². The third kappa shape index (κ3) is 5.33. The molecule has 1 aromatic rings. The first-order valence-electron chi connectivity index (χ1n) is 9.25. The average molecular weight is 445 g/mol. The van der Waals surface area contributed by atoms with Crippen molar-refractivity contribution in [2.75, 3.05) is 43.5 Å². The highest BCUT2D eigenvalue weighted by Gasteiger charge is 2.29. The van der Waals surface area contributed by atoms with Crippen molar-refractivity contribution >= 4 is 27.3 Å². The molecule has 5 nitrogen and oxygen atoms in total. The van der Waals surface area contributed by atoms with Gasteiger partial charge in [-0.05, 0) is 58.8 Å². The second-order valence-electron chi connectivity index (χ2n) is 7.50. The first-order chi connectivity index (χ1) is 12.8. The number of hydrogen-bond acceptors (Lipinski definition) is 5. The fraction of sp³-hybridized carbons (Fsp3) is 0.579. The van der Waals surface area contributed by atoms with E-state index in [1.165, 1.54) is 12.8 Å². The minimum atomic E-state index is -1.43. The maximum absolute atomic E-state index is 13.5. The van der Waals surface area contributed by atoms with Crippen LogP contribution in [0.15, 0.2) is 28.8 Å². The zero-order valence-electron chi connectivity index (χ0n) is 15.3. The number of nitrogens with zero attached hydrogens (tertiary/aromatic N) is 2. The van der Waals surface area contributed by atoms with E-state index in [1.54, 1.807) is 5.01 Å². The summed E-state index contributed by atoms with van der Waals surface area (Å²) in [4.78, 5) is 1.86. The van der Waals surface area contributed by atoms with Crippen LogP contribution in [0.2, 0.25) is 0 Å². The van der Waals surface area contributed by atoms with Gasteiger partial charge < -0.3 is 15.5 Å². The lowest BCUT2D eigenvalue weighted by Crippen LogP contribution is -2.43. The maximum Gasteiger partial charge on any atom is 0.144 e. The number of rotatable bonds is 8. The zero-order valence-corrected chi connectivity index (χ0v) is 16.9. The van der Waals surface area contributed by atoms with Gasteiger partial charge in [0.1, 0.15) is 24.7 Å². The van der Waals surface area contributed by atoms with Gasteiger partial charge in [-0.15, -0.1) is 0 Å². The molecule has 1 aliphatic heterocycles. The Morgan fingerprint density at radius 1 is 1.30 bits per heavy atom. The molecule has 2 fully saturated rings. The van der Waals surface area contributed by atoms with E-state index in [0.29, 0.717) is 34.9 Å². The molecule has 0 radical (unpaired) electrons. The van der Waals surface area contributed by atoms with Gasteiger partial charge in [-0.3, -0.25) is 4.90 Å². The number of ether oxygens (including phenoxy) is 1. The molecule has 150 valence electrons. The Kier molecular flexibility index (Phi) is 6.60. The molecule has 0 aromatic heterocycles. The Hall–Kier alpha value is -1.38. The highest BCUT2D eigenvalue weighted by atomic mass is 79.9. The fourth-order valence-corrected chi connectivity index (χ4v) is 3.68. The normalized spacial score (nSPS) is 23.3. The second-order valence-corrected chi connectivity index (χ2v) is 8.29. The largest absolute Gasteiger partial charge is 0.488 e. The third-order valence-electron chi connectivity index (χ3n) is 5.01. The van der Waals surface area contributed by atoms with Crippen molar-refractivity contribution in [1.29, 1.82) is 0 Å². The third-order valence-corrected chi connectivity index (χ3v) is 5.83. The van der Waals surface area contributed by atoms with Crippen molar-refractivity contribution in [2.24, 2.45) is 11.8 Å². The first-order valence-corrected chi connectivity index (χ1v) is 10.0. The molecule has 3 rings (SSSR count). The highest BCUT2D eigenvalue weighted by molar-refractivity contribution is 9.10. The molecular formula is C19H27BrF2N4O. The number of piperidine rings is 1. The quantitative estimate of drug-likeness (QED) is 0.278. The van der Waals surface area contributed by atoms with Gasteiger partial charge in [0.25, 0.3) is 0 Å². The van der Waals surface area contributed by atoms with Gasteiger partial charge in [0.15, 0.2) is 0 Å². The smallest absolute Gasteiger partial charge is 0.144 e. The minimum Gasteiger partial charge on any atom is -0.488 e. The van der Waals surface area contributed by atoms with Gasteiger partial charge in [-0.1, -0.05) is 6.58 Å². The summed E-state index contributed by atoms with van der Waals surface area (Å²) in [7, 11) is 0. The van der Waals surface area contributed by atoms with E-state index in [9.17, 15) is 8.78 Å². The fourth-order valence-electron chi connectivity index (χ4n) is 3.23. The Bertz CT molecular complexity index is 686. The number of alkyl halides is 2. The Morgan fingerprint density at radius 3 is 2.70 bits per heavy atom. The molecule has 1 heterocycles. The topological polar surface area (TPSA) is 67.8 Å².